The van der Waals surface area contributed by atoms with E-state index in [1.165, 1.54) is 6.20 Å². The average molecular weight is 127 g/mol. The maximum absolute atomic E-state index is 9.81. The predicted molar refractivity (Wildman–Crippen MR) is 32.7 cm³/mol. The molecule has 9 heavy (non-hydrogen) atoms. The van der Waals surface area contributed by atoms with E-state index >= 15 is 0 Å². The fraction of sp³-hybridized carbons (Fsp3) is 0.667. The number of hydrogen-bond donors (Lipinski definition) is 0. The summed E-state index contributed by atoms with van der Waals surface area (Å²) in [6.07, 6.45) is 1.43. The molecule has 1 fully saturated rings. The van der Waals surface area contributed by atoms with Crippen LogP contribution in [0.1, 0.15) is 0 Å². The molecule has 0 aromatic heterocycles. The molecule has 0 amide bonds. The van der Waals surface area contributed by atoms with Crippen LogP contribution < -0.4 is 0 Å². The molecule has 1 rings (SSSR count). The zero-order valence-corrected chi connectivity index (χ0v) is 5.17. The lowest BCUT2D eigenvalue weighted by molar-refractivity contribution is 0.0598. The van der Waals surface area contributed by atoms with Crippen molar-refractivity contribution in [2.75, 3.05) is 26.3 Å². The first-order valence-electron chi connectivity index (χ1n) is 2.96. The van der Waals surface area contributed by atoms with Crippen LogP contribution in [0.3, 0.4) is 0 Å². The summed E-state index contributed by atoms with van der Waals surface area (Å²) in [4.78, 5) is 11.7. The van der Waals surface area contributed by atoms with Crippen molar-refractivity contribution in [2.45, 2.75) is 0 Å². The Kier molecular flexibility index (Phi) is 2.31. The quantitative estimate of drug-likeness (QED) is 0.451. The summed E-state index contributed by atoms with van der Waals surface area (Å²) in [7, 11) is 0. The number of nitrogens with zero attached hydrogens (tertiary/aromatic N) is 1. The van der Waals surface area contributed by atoms with Gasteiger partial charge in [0.05, 0.1) is 19.4 Å². The summed E-state index contributed by atoms with van der Waals surface area (Å²) in [5.74, 6) is 1.73. The maximum Gasteiger partial charge on any atom is 0.142 e. The van der Waals surface area contributed by atoms with Crippen LogP contribution in [0.25, 0.3) is 0 Å². The molecule has 0 atom stereocenters. The molecule has 3 nitrogen and oxygen atoms in total. The summed E-state index contributed by atoms with van der Waals surface area (Å²) in [6, 6.07) is 0. The SMILES string of the molecule is O=C=CN1CCOCC1. The van der Waals surface area contributed by atoms with Crippen molar-refractivity contribution in [3.63, 3.8) is 0 Å². The number of hydrogen-bond acceptors (Lipinski definition) is 3. The summed E-state index contributed by atoms with van der Waals surface area (Å²) in [5, 5.41) is 0. The normalized spacial score (nSPS) is 18.9. The lowest BCUT2D eigenvalue weighted by Crippen LogP contribution is -2.32. The standard InChI is InChI=1S/C6H9NO2/c8-4-1-7-2-5-9-6-3-7/h1H,2-3,5-6H2. The van der Waals surface area contributed by atoms with Crippen molar-refractivity contribution < 1.29 is 9.53 Å². The second-order valence-corrected chi connectivity index (χ2v) is 1.90. The number of carbonyl (C=O) groups excluding carboxylic acids is 1. The van der Waals surface area contributed by atoms with Gasteiger partial charge in [0, 0.05) is 13.1 Å². The van der Waals surface area contributed by atoms with E-state index < -0.39 is 0 Å². The summed E-state index contributed by atoms with van der Waals surface area (Å²) in [5.41, 5.74) is 0. The summed E-state index contributed by atoms with van der Waals surface area (Å²) in [6.45, 7) is 3.07. The van der Waals surface area contributed by atoms with Gasteiger partial charge in [0.1, 0.15) is 5.94 Å². The molecular formula is C6H9NO2. The Morgan fingerprint density at radius 1 is 1.44 bits per heavy atom. The molecule has 1 aliphatic rings. The molecule has 0 unspecified atom stereocenters. The average Bonchev–Trinajstić information content (AvgIpc) is 1.91. The predicted octanol–water partition coefficient (Wildman–Crippen LogP) is -0.336. The van der Waals surface area contributed by atoms with E-state index in [0.717, 1.165) is 26.3 Å². The van der Waals surface area contributed by atoms with Crippen molar-refractivity contribution in [1.82, 2.24) is 4.90 Å². The van der Waals surface area contributed by atoms with Gasteiger partial charge in [-0.1, -0.05) is 0 Å². The highest BCUT2D eigenvalue weighted by Gasteiger charge is 2.04. The zero-order chi connectivity index (χ0) is 6.53. The van der Waals surface area contributed by atoms with E-state index in [9.17, 15) is 4.79 Å². The summed E-state index contributed by atoms with van der Waals surface area (Å²) >= 11 is 0. The van der Waals surface area contributed by atoms with E-state index in [0.29, 0.717) is 0 Å². The van der Waals surface area contributed by atoms with Crippen LogP contribution in [-0.2, 0) is 9.53 Å². The second-order valence-electron chi connectivity index (χ2n) is 1.90. The Hall–Kier alpha value is -0.790. The summed E-state index contributed by atoms with van der Waals surface area (Å²) < 4.78 is 5.05. The van der Waals surface area contributed by atoms with Crippen LogP contribution in [0.2, 0.25) is 0 Å². The smallest absolute Gasteiger partial charge is 0.142 e. The van der Waals surface area contributed by atoms with E-state index in [1.807, 2.05) is 4.90 Å². The van der Waals surface area contributed by atoms with Gasteiger partial charge in [-0.15, -0.1) is 0 Å². The first kappa shape index (κ1) is 6.33. The third kappa shape index (κ3) is 1.88. The molecule has 0 bridgehead atoms. The van der Waals surface area contributed by atoms with E-state index in [2.05, 4.69) is 0 Å². The second kappa shape index (κ2) is 3.28. The van der Waals surface area contributed by atoms with Gasteiger partial charge in [0.2, 0.25) is 0 Å². The third-order valence-electron chi connectivity index (χ3n) is 1.28. The Labute approximate surface area is 53.9 Å². The van der Waals surface area contributed by atoms with Crippen molar-refractivity contribution in [2.24, 2.45) is 0 Å². The minimum Gasteiger partial charge on any atom is -0.378 e. The Bertz CT molecular complexity index is 123. The highest BCUT2D eigenvalue weighted by molar-refractivity contribution is 5.44. The van der Waals surface area contributed by atoms with Crippen LogP contribution in [0.4, 0.5) is 0 Å². The lowest BCUT2D eigenvalue weighted by Gasteiger charge is -2.23. The molecule has 0 aliphatic carbocycles. The number of morpholine rings is 1. The minimum atomic E-state index is 0.720. The van der Waals surface area contributed by atoms with Gasteiger partial charge in [0.25, 0.3) is 0 Å². The van der Waals surface area contributed by atoms with Gasteiger partial charge < -0.3 is 9.64 Å². The molecule has 1 heterocycles. The van der Waals surface area contributed by atoms with Crippen molar-refractivity contribution in [1.29, 1.82) is 0 Å². The Balaban J connectivity index is 2.31. The Morgan fingerprint density at radius 2 is 2.11 bits per heavy atom. The van der Waals surface area contributed by atoms with Crippen LogP contribution >= 0.6 is 0 Å². The fourth-order valence-electron chi connectivity index (χ4n) is 0.781. The van der Waals surface area contributed by atoms with Crippen molar-refractivity contribution in [3.8, 4) is 0 Å². The van der Waals surface area contributed by atoms with Gasteiger partial charge in [-0.2, -0.15) is 0 Å². The fourth-order valence-corrected chi connectivity index (χ4v) is 0.781. The number of ether oxygens (including phenoxy) is 1. The molecule has 0 aromatic rings. The molecule has 0 N–H and O–H groups in total. The monoisotopic (exact) mass is 127 g/mol. The van der Waals surface area contributed by atoms with E-state index in [1.54, 1.807) is 5.94 Å². The highest BCUT2D eigenvalue weighted by Crippen LogP contribution is 1.94. The van der Waals surface area contributed by atoms with E-state index in [4.69, 9.17) is 4.74 Å². The van der Waals surface area contributed by atoms with Crippen LogP contribution in [0.15, 0.2) is 6.20 Å². The van der Waals surface area contributed by atoms with Gasteiger partial charge in [-0.25, -0.2) is 4.79 Å². The molecule has 0 spiro atoms. The maximum atomic E-state index is 9.81. The zero-order valence-electron chi connectivity index (χ0n) is 5.17. The largest absolute Gasteiger partial charge is 0.378 e. The molecule has 1 aliphatic heterocycles. The van der Waals surface area contributed by atoms with Crippen molar-refractivity contribution >= 4 is 5.94 Å². The molecule has 0 aromatic carbocycles. The topological polar surface area (TPSA) is 29.5 Å². The van der Waals surface area contributed by atoms with Gasteiger partial charge in [0.15, 0.2) is 0 Å². The first-order chi connectivity index (χ1) is 4.43. The molecule has 1 saturated heterocycles. The van der Waals surface area contributed by atoms with Gasteiger partial charge in [-0.3, -0.25) is 0 Å². The minimum absolute atomic E-state index is 0.720. The Morgan fingerprint density at radius 3 is 2.67 bits per heavy atom. The lowest BCUT2D eigenvalue weighted by atomic mass is 10.4. The van der Waals surface area contributed by atoms with Gasteiger partial charge >= 0.3 is 0 Å². The first-order valence-corrected chi connectivity index (χ1v) is 2.96. The van der Waals surface area contributed by atoms with Crippen LogP contribution in [0.5, 0.6) is 0 Å². The molecule has 0 saturated carbocycles. The highest BCUT2D eigenvalue weighted by atomic mass is 16.5. The van der Waals surface area contributed by atoms with Crippen LogP contribution in [-0.4, -0.2) is 37.1 Å². The van der Waals surface area contributed by atoms with E-state index in [-0.39, 0.29) is 0 Å². The molecule has 50 valence electrons. The molecule has 3 heteroatoms. The molecule has 0 radical (unpaired) electrons. The number of rotatable bonds is 1. The van der Waals surface area contributed by atoms with Crippen molar-refractivity contribution in [3.05, 3.63) is 6.20 Å². The molecular weight excluding hydrogens is 118 g/mol. The van der Waals surface area contributed by atoms with Gasteiger partial charge in [-0.05, 0) is 0 Å². The van der Waals surface area contributed by atoms with Crippen LogP contribution in [0, 0.1) is 0 Å². The third-order valence-corrected chi connectivity index (χ3v) is 1.28.